The Bertz CT molecular complexity index is 1010. The third-order valence-corrected chi connectivity index (χ3v) is 5.98. The fraction of sp³-hybridized carbons (Fsp3) is 0.444. The van der Waals surface area contributed by atoms with Crippen molar-refractivity contribution >= 4 is 17.8 Å². The van der Waals surface area contributed by atoms with Gasteiger partial charge in [-0.2, -0.15) is 0 Å². The molecule has 3 atom stereocenters. The van der Waals surface area contributed by atoms with Crippen molar-refractivity contribution in [1.82, 2.24) is 15.5 Å². The number of hydrogen-bond donors (Lipinski definition) is 3. The number of rotatable bonds is 12. The Hall–Kier alpha value is -3.47. The van der Waals surface area contributed by atoms with E-state index < -0.39 is 36.0 Å². The van der Waals surface area contributed by atoms with E-state index in [1.807, 2.05) is 35.2 Å². The van der Waals surface area contributed by atoms with Crippen LogP contribution >= 0.6 is 0 Å². The first-order valence-electron chi connectivity index (χ1n) is 12.3. The average Bonchev–Trinajstić information content (AvgIpc) is 2.91. The molecule has 1 heterocycles. The highest BCUT2D eigenvalue weighted by atomic mass is 16.5. The summed E-state index contributed by atoms with van der Waals surface area (Å²) in [5, 5.41) is 15.5. The molecule has 1 aliphatic rings. The van der Waals surface area contributed by atoms with Crippen molar-refractivity contribution < 1.29 is 33.7 Å². The molecular weight excluding hydrogens is 478 g/mol. The number of aliphatic hydroxyl groups is 1. The number of esters is 1. The van der Waals surface area contributed by atoms with Crippen molar-refractivity contribution in [3.8, 4) is 5.75 Å². The maximum Gasteiger partial charge on any atom is 0.329 e. The molecule has 2 aromatic rings. The molecule has 2 aromatic carbocycles. The molecule has 200 valence electrons. The predicted molar refractivity (Wildman–Crippen MR) is 136 cm³/mol. The normalized spacial score (nSPS) is 16.2. The highest BCUT2D eigenvalue weighted by Crippen LogP contribution is 2.14. The van der Waals surface area contributed by atoms with E-state index in [2.05, 4.69) is 10.6 Å². The molecule has 2 amide bonds. The van der Waals surface area contributed by atoms with Crippen LogP contribution < -0.4 is 15.4 Å². The monoisotopic (exact) mass is 513 g/mol. The van der Waals surface area contributed by atoms with Gasteiger partial charge in [0.2, 0.25) is 11.8 Å². The molecule has 0 aromatic heterocycles. The van der Waals surface area contributed by atoms with E-state index in [0.29, 0.717) is 32.1 Å². The molecule has 0 spiro atoms. The van der Waals surface area contributed by atoms with Gasteiger partial charge in [0.05, 0.1) is 33.0 Å². The van der Waals surface area contributed by atoms with Crippen molar-refractivity contribution in [3.63, 3.8) is 0 Å². The molecule has 0 bridgehead atoms. The molecule has 3 rings (SSSR count). The summed E-state index contributed by atoms with van der Waals surface area (Å²) in [6, 6.07) is 14.0. The highest BCUT2D eigenvalue weighted by Gasteiger charge is 2.31. The van der Waals surface area contributed by atoms with Crippen LogP contribution in [0.15, 0.2) is 54.6 Å². The molecule has 0 radical (unpaired) electrons. The first kappa shape index (κ1) is 28.1. The van der Waals surface area contributed by atoms with Crippen LogP contribution in [0, 0.1) is 0 Å². The van der Waals surface area contributed by atoms with Crippen LogP contribution in [0.3, 0.4) is 0 Å². The third kappa shape index (κ3) is 9.16. The van der Waals surface area contributed by atoms with Gasteiger partial charge in [-0.15, -0.1) is 0 Å². The Morgan fingerprint density at radius 3 is 2.30 bits per heavy atom. The first-order valence-corrected chi connectivity index (χ1v) is 12.3. The summed E-state index contributed by atoms with van der Waals surface area (Å²) in [5.41, 5.74) is 1.58. The minimum atomic E-state index is -1.24. The molecule has 1 aliphatic heterocycles. The minimum absolute atomic E-state index is 0.0464. The lowest BCUT2D eigenvalue weighted by atomic mass is 10.0. The Morgan fingerprint density at radius 1 is 1.00 bits per heavy atom. The van der Waals surface area contributed by atoms with Crippen molar-refractivity contribution in [2.24, 2.45) is 0 Å². The van der Waals surface area contributed by atoms with Crippen molar-refractivity contribution in [2.45, 2.75) is 38.1 Å². The van der Waals surface area contributed by atoms with E-state index in [0.717, 1.165) is 11.1 Å². The van der Waals surface area contributed by atoms with Crippen molar-refractivity contribution in [2.75, 3.05) is 40.0 Å². The van der Waals surface area contributed by atoms with Crippen molar-refractivity contribution in [1.29, 1.82) is 0 Å². The molecule has 0 saturated carbocycles. The zero-order valence-electron chi connectivity index (χ0n) is 21.2. The molecule has 0 aliphatic carbocycles. The van der Waals surface area contributed by atoms with Gasteiger partial charge in [-0.05, 0) is 30.2 Å². The molecule has 1 saturated heterocycles. The average molecular weight is 514 g/mol. The lowest BCUT2D eigenvalue weighted by molar-refractivity contribution is -0.149. The number of nitrogens with zero attached hydrogens (tertiary/aromatic N) is 1. The van der Waals surface area contributed by atoms with Crippen molar-refractivity contribution in [3.05, 3.63) is 65.7 Å². The smallest absolute Gasteiger partial charge is 0.329 e. The van der Waals surface area contributed by atoms with Crippen LogP contribution in [0.2, 0.25) is 0 Å². The number of carbonyl (C=O) groups is 3. The summed E-state index contributed by atoms with van der Waals surface area (Å²) in [5.74, 6) is -1.05. The zero-order chi connectivity index (χ0) is 26.6. The highest BCUT2D eigenvalue weighted by molar-refractivity contribution is 5.91. The van der Waals surface area contributed by atoms with Gasteiger partial charge in [0.1, 0.15) is 24.4 Å². The quantitative estimate of drug-likeness (QED) is 0.354. The van der Waals surface area contributed by atoms with Gasteiger partial charge >= 0.3 is 5.97 Å². The van der Waals surface area contributed by atoms with Crippen LogP contribution in [0.1, 0.15) is 18.1 Å². The number of benzene rings is 2. The summed E-state index contributed by atoms with van der Waals surface area (Å²) in [6.45, 7) is 3.81. The Kier molecular flexibility index (Phi) is 10.9. The summed E-state index contributed by atoms with van der Waals surface area (Å²) < 4.78 is 16.0. The molecule has 37 heavy (non-hydrogen) atoms. The number of amides is 2. The maximum atomic E-state index is 13.1. The van der Waals surface area contributed by atoms with Crippen LogP contribution in [0.5, 0.6) is 5.75 Å². The maximum absolute atomic E-state index is 13.1. The number of nitrogens with one attached hydrogen (secondary N) is 2. The van der Waals surface area contributed by atoms with E-state index in [1.165, 1.54) is 6.92 Å². The SMILES string of the molecule is COc1ccc(CC(NC(=O)C(NC(=O)CN2CCOCC2)C(C)O)C(=O)OCc2ccccc2)cc1. The predicted octanol–water partition coefficient (Wildman–Crippen LogP) is 0.664. The molecule has 10 nitrogen and oxygen atoms in total. The number of aliphatic hydroxyl groups excluding tert-OH is 1. The fourth-order valence-corrected chi connectivity index (χ4v) is 3.87. The van der Waals surface area contributed by atoms with Gasteiger partial charge < -0.3 is 30.0 Å². The Morgan fingerprint density at radius 2 is 1.68 bits per heavy atom. The summed E-state index contributed by atoms with van der Waals surface area (Å²) in [6.07, 6.45) is -1.03. The number of ether oxygens (including phenoxy) is 3. The second-order valence-electron chi connectivity index (χ2n) is 8.88. The number of morpholine rings is 1. The standard InChI is InChI=1S/C27H35N3O7/c1-19(31)25(29-24(32)17-30-12-14-36-15-13-30)26(33)28-23(16-20-8-10-22(35-2)11-9-20)27(34)37-18-21-6-4-3-5-7-21/h3-11,19,23,25,31H,12-18H2,1-2H3,(H,28,33)(H,29,32). The molecule has 3 N–H and O–H groups in total. The molecule has 10 heteroatoms. The second kappa shape index (κ2) is 14.3. The first-order chi connectivity index (χ1) is 17.9. The van der Waals surface area contributed by atoms with Gasteiger partial charge in [-0.25, -0.2) is 4.79 Å². The van der Waals surface area contributed by atoms with Crippen LogP contribution in [-0.2, 0) is 36.9 Å². The minimum Gasteiger partial charge on any atom is -0.497 e. The largest absolute Gasteiger partial charge is 0.497 e. The Balaban J connectivity index is 1.68. The van der Waals surface area contributed by atoms with Gasteiger partial charge in [0.15, 0.2) is 0 Å². The van der Waals surface area contributed by atoms with Gasteiger partial charge in [0.25, 0.3) is 0 Å². The number of carbonyl (C=O) groups excluding carboxylic acids is 3. The summed E-state index contributed by atoms with van der Waals surface area (Å²) in [7, 11) is 1.56. The number of hydrogen-bond acceptors (Lipinski definition) is 8. The van der Waals surface area contributed by atoms with Crippen LogP contribution in [0.4, 0.5) is 0 Å². The molecule has 3 unspecified atom stereocenters. The summed E-state index contributed by atoms with van der Waals surface area (Å²) >= 11 is 0. The lowest BCUT2D eigenvalue weighted by Gasteiger charge is -2.28. The lowest BCUT2D eigenvalue weighted by Crippen LogP contribution is -2.57. The topological polar surface area (TPSA) is 126 Å². The molecular formula is C27H35N3O7. The zero-order valence-corrected chi connectivity index (χ0v) is 21.2. The fourth-order valence-electron chi connectivity index (χ4n) is 3.87. The van der Waals surface area contributed by atoms with Gasteiger partial charge in [-0.1, -0.05) is 42.5 Å². The van der Waals surface area contributed by atoms with Crippen LogP contribution in [0.25, 0.3) is 0 Å². The van der Waals surface area contributed by atoms with E-state index in [-0.39, 0.29) is 19.6 Å². The van der Waals surface area contributed by atoms with E-state index in [9.17, 15) is 19.5 Å². The van der Waals surface area contributed by atoms with E-state index >= 15 is 0 Å². The summed E-state index contributed by atoms with van der Waals surface area (Å²) in [4.78, 5) is 40.7. The van der Waals surface area contributed by atoms with E-state index in [4.69, 9.17) is 14.2 Å². The Labute approximate surface area is 216 Å². The van der Waals surface area contributed by atoms with Gasteiger partial charge in [-0.3, -0.25) is 14.5 Å². The molecule has 1 fully saturated rings. The van der Waals surface area contributed by atoms with Gasteiger partial charge in [0, 0.05) is 19.5 Å². The van der Waals surface area contributed by atoms with Crippen LogP contribution in [-0.4, -0.2) is 85.9 Å². The van der Waals surface area contributed by atoms with E-state index in [1.54, 1.807) is 31.4 Å². The number of methoxy groups -OCH3 is 1. The second-order valence-corrected chi connectivity index (χ2v) is 8.88. The third-order valence-electron chi connectivity index (χ3n) is 5.98.